The molecule has 1 aromatic carbocycles. The van der Waals surface area contributed by atoms with Crippen LogP contribution in [0.1, 0.15) is 30.7 Å². The van der Waals surface area contributed by atoms with Crippen molar-refractivity contribution in [2.45, 2.75) is 25.2 Å². The molecular weight excluding hydrogens is 212 g/mol. The van der Waals surface area contributed by atoms with Crippen molar-refractivity contribution in [1.82, 2.24) is 9.97 Å². The van der Waals surface area contributed by atoms with Gasteiger partial charge in [0.05, 0.1) is 18.1 Å². The van der Waals surface area contributed by atoms with Crippen LogP contribution in [-0.4, -0.2) is 9.97 Å². The summed E-state index contributed by atoms with van der Waals surface area (Å²) < 4.78 is 0. The van der Waals surface area contributed by atoms with Gasteiger partial charge in [-0.1, -0.05) is 30.7 Å². The highest BCUT2D eigenvalue weighted by Crippen LogP contribution is 2.40. The molecule has 3 nitrogen and oxygen atoms in total. The molecule has 1 N–H and O–H groups in total. The van der Waals surface area contributed by atoms with Crippen LogP contribution in [0.4, 0.5) is 0 Å². The Kier molecular flexibility index (Phi) is 2.52. The van der Waals surface area contributed by atoms with Crippen molar-refractivity contribution in [2.75, 3.05) is 0 Å². The first-order valence-corrected chi connectivity index (χ1v) is 5.98. The van der Waals surface area contributed by atoms with Crippen LogP contribution in [0.25, 0.3) is 11.3 Å². The molecule has 0 amide bonds. The third-order valence-electron chi connectivity index (χ3n) is 3.45. The van der Waals surface area contributed by atoms with Gasteiger partial charge in [-0.25, -0.2) is 0 Å². The van der Waals surface area contributed by atoms with Crippen molar-refractivity contribution in [3.05, 3.63) is 52.6 Å². The molecule has 0 atom stereocenters. The van der Waals surface area contributed by atoms with Gasteiger partial charge >= 0.3 is 0 Å². The summed E-state index contributed by atoms with van der Waals surface area (Å²) >= 11 is 0. The average Bonchev–Trinajstić information content (AvgIpc) is 2.27. The lowest BCUT2D eigenvalue weighted by molar-refractivity contribution is 0.420. The van der Waals surface area contributed by atoms with Gasteiger partial charge in [0, 0.05) is 5.56 Å². The molecule has 0 radical (unpaired) electrons. The van der Waals surface area contributed by atoms with Crippen molar-refractivity contribution in [3.8, 4) is 11.3 Å². The maximum atomic E-state index is 11.3. The van der Waals surface area contributed by atoms with E-state index in [1.165, 1.54) is 31.0 Å². The fourth-order valence-electron chi connectivity index (χ4n) is 2.33. The Morgan fingerprint density at radius 2 is 2.00 bits per heavy atom. The van der Waals surface area contributed by atoms with Gasteiger partial charge in [0.2, 0.25) is 0 Å². The zero-order chi connectivity index (χ0) is 11.7. The number of hydrogen-bond acceptors (Lipinski definition) is 2. The average molecular weight is 226 g/mol. The second-order valence-electron chi connectivity index (χ2n) is 4.53. The number of hydrogen-bond donors (Lipinski definition) is 1. The van der Waals surface area contributed by atoms with Gasteiger partial charge in [-0.05, 0) is 24.3 Å². The normalized spacial score (nSPS) is 15.5. The molecule has 1 aliphatic carbocycles. The molecule has 3 heteroatoms. The molecule has 0 saturated heterocycles. The molecule has 0 spiro atoms. The van der Waals surface area contributed by atoms with Gasteiger partial charge in [0.1, 0.15) is 0 Å². The largest absolute Gasteiger partial charge is 0.319 e. The number of aromatic nitrogens is 2. The van der Waals surface area contributed by atoms with E-state index >= 15 is 0 Å². The second-order valence-corrected chi connectivity index (χ2v) is 4.53. The highest BCUT2D eigenvalue weighted by Gasteiger charge is 2.22. The van der Waals surface area contributed by atoms with E-state index in [1.807, 2.05) is 6.07 Å². The van der Waals surface area contributed by atoms with Crippen LogP contribution in [0.15, 0.2) is 41.5 Å². The molecule has 2 aromatic rings. The first-order chi connectivity index (χ1) is 8.34. The van der Waals surface area contributed by atoms with E-state index in [0.717, 1.165) is 11.3 Å². The minimum atomic E-state index is -0.147. The van der Waals surface area contributed by atoms with E-state index < -0.39 is 0 Å². The van der Waals surface area contributed by atoms with Crippen LogP contribution >= 0.6 is 0 Å². The maximum absolute atomic E-state index is 11.3. The first kappa shape index (κ1) is 10.3. The Morgan fingerprint density at radius 3 is 2.71 bits per heavy atom. The van der Waals surface area contributed by atoms with E-state index in [-0.39, 0.29) is 5.56 Å². The lowest BCUT2D eigenvalue weighted by Gasteiger charge is -2.27. The van der Waals surface area contributed by atoms with Gasteiger partial charge in [0.15, 0.2) is 0 Å². The van der Waals surface area contributed by atoms with E-state index in [0.29, 0.717) is 5.92 Å². The minimum Gasteiger partial charge on any atom is -0.319 e. The Hall–Kier alpha value is -1.90. The predicted octanol–water partition coefficient (Wildman–Crippen LogP) is 2.70. The third-order valence-corrected chi connectivity index (χ3v) is 3.45. The lowest BCUT2D eigenvalue weighted by atomic mass is 9.78. The molecule has 1 fully saturated rings. The van der Waals surface area contributed by atoms with Crippen molar-refractivity contribution in [3.63, 3.8) is 0 Å². The fraction of sp³-hybridized carbons (Fsp3) is 0.286. The number of nitrogens with one attached hydrogen (secondary N) is 1. The molecule has 17 heavy (non-hydrogen) atoms. The minimum absolute atomic E-state index is 0.147. The van der Waals surface area contributed by atoms with Crippen molar-refractivity contribution < 1.29 is 0 Å². The third kappa shape index (κ3) is 1.88. The number of benzene rings is 1. The van der Waals surface area contributed by atoms with Gasteiger partial charge in [-0.2, -0.15) is 0 Å². The summed E-state index contributed by atoms with van der Waals surface area (Å²) in [5, 5.41) is 0. The highest BCUT2D eigenvalue weighted by molar-refractivity contribution is 5.63. The monoisotopic (exact) mass is 226 g/mol. The summed E-state index contributed by atoms with van der Waals surface area (Å²) in [5.74, 6) is 0.648. The zero-order valence-electron chi connectivity index (χ0n) is 9.52. The molecule has 3 rings (SSSR count). The van der Waals surface area contributed by atoms with Crippen molar-refractivity contribution in [2.24, 2.45) is 0 Å². The summed E-state index contributed by atoms with van der Waals surface area (Å²) in [5.41, 5.74) is 3.12. The predicted molar refractivity (Wildman–Crippen MR) is 66.9 cm³/mol. The molecule has 0 unspecified atom stereocenters. The van der Waals surface area contributed by atoms with Crippen molar-refractivity contribution >= 4 is 0 Å². The summed E-state index contributed by atoms with van der Waals surface area (Å²) in [6.07, 6.45) is 6.83. The molecule has 1 aromatic heterocycles. The number of rotatable bonds is 2. The standard InChI is InChI=1S/C14H14N2O/c17-14-9-15-8-13(16-14)12-7-2-1-6-11(12)10-4-3-5-10/h1-2,6-10H,3-5H2,(H,16,17). The summed E-state index contributed by atoms with van der Waals surface area (Å²) in [7, 11) is 0. The molecule has 1 saturated carbocycles. The Labute approximate surface area is 99.5 Å². The quantitative estimate of drug-likeness (QED) is 0.855. The van der Waals surface area contributed by atoms with E-state index in [1.54, 1.807) is 6.20 Å². The topological polar surface area (TPSA) is 45.8 Å². The molecule has 0 aliphatic heterocycles. The fourth-order valence-corrected chi connectivity index (χ4v) is 2.33. The molecule has 0 bridgehead atoms. The van der Waals surface area contributed by atoms with E-state index in [4.69, 9.17) is 0 Å². The van der Waals surface area contributed by atoms with Crippen LogP contribution in [0.5, 0.6) is 0 Å². The second kappa shape index (κ2) is 4.17. The lowest BCUT2D eigenvalue weighted by Crippen LogP contribution is -2.12. The Balaban J connectivity index is 2.10. The highest BCUT2D eigenvalue weighted by atomic mass is 16.1. The van der Waals surface area contributed by atoms with Crippen LogP contribution in [0, 0.1) is 0 Å². The summed E-state index contributed by atoms with van der Waals surface area (Å²) in [6.45, 7) is 0. The number of nitrogens with zero attached hydrogens (tertiary/aromatic N) is 1. The molecule has 86 valence electrons. The smallest absolute Gasteiger partial charge is 0.266 e. The zero-order valence-corrected chi connectivity index (χ0v) is 9.52. The molecular formula is C14H14N2O. The Bertz CT molecular complexity index is 585. The number of aromatic amines is 1. The van der Waals surface area contributed by atoms with E-state index in [9.17, 15) is 4.79 Å². The van der Waals surface area contributed by atoms with Crippen LogP contribution in [0.2, 0.25) is 0 Å². The van der Waals surface area contributed by atoms with Gasteiger partial charge in [0.25, 0.3) is 5.56 Å². The van der Waals surface area contributed by atoms with Crippen LogP contribution < -0.4 is 5.56 Å². The van der Waals surface area contributed by atoms with Gasteiger partial charge in [-0.15, -0.1) is 0 Å². The van der Waals surface area contributed by atoms with Crippen molar-refractivity contribution in [1.29, 1.82) is 0 Å². The number of H-pyrrole nitrogens is 1. The van der Waals surface area contributed by atoms with Crippen LogP contribution in [0.3, 0.4) is 0 Å². The van der Waals surface area contributed by atoms with Crippen LogP contribution in [-0.2, 0) is 0 Å². The first-order valence-electron chi connectivity index (χ1n) is 5.98. The SMILES string of the molecule is O=c1cncc(-c2ccccc2C2CCC2)[nH]1. The van der Waals surface area contributed by atoms with Gasteiger partial charge < -0.3 is 4.98 Å². The van der Waals surface area contributed by atoms with Gasteiger partial charge in [-0.3, -0.25) is 9.78 Å². The summed E-state index contributed by atoms with van der Waals surface area (Å²) in [4.78, 5) is 18.1. The summed E-state index contributed by atoms with van der Waals surface area (Å²) in [6, 6.07) is 8.28. The maximum Gasteiger partial charge on any atom is 0.266 e. The van der Waals surface area contributed by atoms with E-state index in [2.05, 4.69) is 28.2 Å². The molecule has 1 aliphatic rings. The molecule has 1 heterocycles. The Morgan fingerprint density at radius 1 is 1.18 bits per heavy atom.